The van der Waals surface area contributed by atoms with Crippen molar-refractivity contribution in [2.45, 2.75) is 32.2 Å². The molecule has 4 nitrogen and oxygen atoms in total. The number of nitrogens with zero attached hydrogens (tertiary/aromatic N) is 2. The molecule has 3 rings (SSSR count). The summed E-state index contributed by atoms with van der Waals surface area (Å²) in [5.74, 6) is 0.765. The van der Waals surface area contributed by atoms with Gasteiger partial charge in [-0.1, -0.05) is 43.2 Å². The van der Waals surface area contributed by atoms with Gasteiger partial charge in [0.15, 0.2) is 0 Å². The van der Waals surface area contributed by atoms with Gasteiger partial charge < -0.3 is 10.2 Å². The Morgan fingerprint density at radius 1 is 1.00 bits per heavy atom. The molecule has 1 saturated heterocycles. The molecule has 23 heavy (non-hydrogen) atoms. The number of hydrogen-bond acceptors (Lipinski definition) is 3. The van der Waals surface area contributed by atoms with Crippen molar-refractivity contribution >= 4 is 11.7 Å². The number of aromatic nitrogens is 1. The zero-order valence-corrected chi connectivity index (χ0v) is 13.4. The molecule has 1 aromatic heterocycles. The first kappa shape index (κ1) is 15.5. The molecule has 1 amide bonds. The highest BCUT2D eigenvalue weighted by Crippen LogP contribution is 2.21. The highest BCUT2D eigenvalue weighted by molar-refractivity contribution is 5.98. The maximum absolute atomic E-state index is 12.6. The summed E-state index contributed by atoms with van der Waals surface area (Å²) in [6, 6.07) is 13.7. The van der Waals surface area contributed by atoms with Crippen LogP contribution in [-0.2, 0) is 6.54 Å². The highest BCUT2D eigenvalue weighted by Gasteiger charge is 2.18. The molecule has 1 aliphatic rings. The molecule has 0 aliphatic carbocycles. The van der Waals surface area contributed by atoms with Crippen molar-refractivity contribution in [2.75, 3.05) is 18.0 Å². The van der Waals surface area contributed by atoms with E-state index in [9.17, 15) is 4.79 Å². The summed E-state index contributed by atoms with van der Waals surface area (Å²) in [4.78, 5) is 19.3. The minimum atomic E-state index is -0.0544. The summed E-state index contributed by atoms with van der Waals surface area (Å²) in [6.45, 7) is 2.50. The Hall–Kier alpha value is -2.36. The van der Waals surface area contributed by atoms with Gasteiger partial charge in [-0.05, 0) is 30.5 Å². The predicted octanol–water partition coefficient (Wildman–Crippen LogP) is 3.39. The van der Waals surface area contributed by atoms with E-state index in [0.29, 0.717) is 12.1 Å². The second-order valence-electron chi connectivity index (χ2n) is 5.94. The number of benzene rings is 1. The first-order valence-corrected chi connectivity index (χ1v) is 8.37. The zero-order valence-electron chi connectivity index (χ0n) is 13.4. The third-order valence-electron chi connectivity index (χ3n) is 4.23. The monoisotopic (exact) mass is 309 g/mol. The molecule has 0 radical (unpaired) electrons. The topological polar surface area (TPSA) is 45.2 Å². The Labute approximate surface area is 137 Å². The molecule has 120 valence electrons. The van der Waals surface area contributed by atoms with Gasteiger partial charge in [-0.15, -0.1) is 0 Å². The minimum Gasteiger partial charge on any atom is -0.356 e. The van der Waals surface area contributed by atoms with E-state index in [-0.39, 0.29) is 5.91 Å². The number of carbonyl (C=O) groups excluding carboxylic acids is 1. The quantitative estimate of drug-likeness (QED) is 0.941. The Bertz CT molecular complexity index is 634. The summed E-state index contributed by atoms with van der Waals surface area (Å²) in [5, 5.41) is 3.00. The van der Waals surface area contributed by atoms with Crippen molar-refractivity contribution in [1.29, 1.82) is 0 Å². The summed E-state index contributed by atoms with van der Waals surface area (Å²) in [5.41, 5.74) is 1.77. The first-order chi connectivity index (χ1) is 11.3. The van der Waals surface area contributed by atoms with Crippen LogP contribution in [0.2, 0.25) is 0 Å². The Morgan fingerprint density at radius 2 is 1.74 bits per heavy atom. The summed E-state index contributed by atoms with van der Waals surface area (Å²) < 4.78 is 0. The van der Waals surface area contributed by atoms with Gasteiger partial charge in [-0.2, -0.15) is 0 Å². The fourth-order valence-corrected chi connectivity index (χ4v) is 2.98. The van der Waals surface area contributed by atoms with Crippen LogP contribution in [0.15, 0.2) is 48.7 Å². The molecule has 0 bridgehead atoms. The number of amides is 1. The fraction of sp³-hybridized carbons (Fsp3) is 0.368. The molecule has 2 aromatic rings. The molecule has 1 aliphatic heterocycles. The Morgan fingerprint density at radius 3 is 2.48 bits per heavy atom. The van der Waals surface area contributed by atoms with Crippen LogP contribution in [0.5, 0.6) is 0 Å². The van der Waals surface area contributed by atoms with Crippen LogP contribution in [0.25, 0.3) is 0 Å². The van der Waals surface area contributed by atoms with Gasteiger partial charge in [-0.3, -0.25) is 4.79 Å². The van der Waals surface area contributed by atoms with Gasteiger partial charge >= 0.3 is 0 Å². The van der Waals surface area contributed by atoms with Crippen molar-refractivity contribution < 1.29 is 4.79 Å². The van der Waals surface area contributed by atoms with Gasteiger partial charge in [0.2, 0.25) is 0 Å². The van der Waals surface area contributed by atoms with E-state index in [0.717, 1.165) is 24.5 Å². The number of anilines is 1. The molecule has 0 spiro atoms. The third-order valence-corrected chi connectivity index (χ3v) is 4.23. The zero-order chi connectivity index (χ0) is 15.9. The lowest BCUT2D eigenvalue weighted by Gasteiger charge is -2.23. The molecular formula is C19H23N3O. The molecule has 2 heterocycles. The van der Waals surface area contributed by atoms with E-state index in [1.54, 1.807) is 6.20 Å². The molecule has 0 saturated carbocycles. The molecular weight excluding hydrogens is 286 g/mol. The van der Waals surface area contributed by atoms with Crippen LogP contribution in [0.3, 0.4) is 0 Å². The van der Waals surface area contributed by atoms with E-state index in [4.69, 9.17) is 0 Å². The number of hydrogen-bond donors (Lipinski definition) is 1. The first-order valence-electron chi connectivity index (χ1n) is 8.37. The highest BCUT2D eigenvalue weighted by atomic mass is 16.1. The van der Waals surface area contributed by atoms with Crippen molar-refractivity contribution in [3.05, 3.63) is 59.8 Å². The van der Waals surface area contributed by atoms with Crippen LogP contribution in [0.4, 0.5) is 5.82 Å². The van der Waals surface area contributed by atoms with Gasteiger partial charge in [0.05, 0.1) is 5.56 Å². The summed E-state index contributed by atoms with van der Waals surface area (Å²) in [7, 11) is 0. The maximum atomic E-state index is 12.6. The van der Waals surface area contributed by atoms with Crippen molar-refractivity contribution in [2.24, 2.45) is 0 Å². The van der Waals surface area contributed by atoms with Crippen molar-refractivity contribution in [3.8, 4) is 0 Å². The second-order valence-corrected chi connectivity index (χ2v) is 5.94. The predicted molar refractivity (Wildman–Crippen MR) is 92.5 cm³/mol. The molecule has 0 unspecified atom stereocenters. The third kappa shape index (κ3) is 4.09. The van der Waals surface area contributed by atoms with Crippen molar-refractivity contribution in [1.82, 2.24) is 10.3 Å². The largest absolute Gasteiger partial charge is 0.356 e. The van der Waals surface area contributed by atoms with E-state index < -0.39 is 0 Å². The average molecular weight is 309 g/mol. The average Bonchev–Trinajstić information content (AvgIpc) is 2.90. The van der Waals surface area contributed by atoms with E-state index >= 15 is 0 Å². The molecule has 1 fully saturated rings. The van der Waals surface area contributed by atoms with Crippen LogP contribution in [0.1, 0.15) is 41.6 Å². The number of nitrogens with one attached hydrogen (secondary N) is 1. The summed E-state index contributed by atoms with van der Waals surface area (Å²) >= 11 is 0. The van der Waals surface area contributed by atoms with E-state index in [1.807, 2.05) is 42.5 Å². The van der Waals surface area contributed by atoms with Gasteiger partial charge in [0.25, 0.3) is 5.91 Å². The van der Waals surface area contributed by atoms with Crippen LogP contribution >= 0.6 is 0 Å². The lowest BCUT2D eigenvalue weighted by molar-refractivity contribution is 0.0951. The smallest absolute Gasteiger partial charge is 0.255 e. The Kier molecular flexibility index (Phi) is 5.25. The number of pyridine rings is 1. The Balaban J connectivity index is 1.72. The van der Waals surface area contributed by atoms with Crippen LogP contribution in [0, 0.1) is 0 Å². The normalized spacial score (nSPS) is 15.0. The van der Waals surface area contributed by atoms with Gasteiger partial charge in [0.1, 0.15) is 5.82 Å². The number of carbonyl (C=O) groups is 1. The van der Waals surface area contributed by atoms with Crippen molar-refractivity contribution in [3.63, 3.8) is 0 Å². The SMILES string of the molecule is O=C(NCc1ccccc1)c1cccnc1N1CCCCCC1. The maximum Gasteiger partial charge on any atom is 0.255 e. The minimum absolute atomic E-state index is 0.0544. The molecule has 4 heteroatoms. The molecule has 0 atom stereocenters. The van der Waals surface area contributed by atoms with E-state index in [1.165, 1.54) is 25.7 Å². The molecule has 1 aromatic carbocycles. The standard InChI is InChI=1S/C19H23N3O/c23-19(21-15-16-9-4-3-5-10-16)17-11-8-12-20-18(17)22-13-6-1-2-7-14-22/h3-5,8-12H,1-2,6-7,13-15H2,(H,21,23). The lowest BCUT2D eigenvalue weighted by Crippen LogP contribution is -2.30. The van der Waals surface area contributed by atoms with Crippen LogP contribution < -0.4 is 10.2 Å². The molecule has 1 N–H and O–H groups in total. The summed E-state index contributed by atoms with van der Waals surface area (Å²) in [6.07, 6.45) is 6.63. The van der Waals surface area contributed by atoms with Crippen LogP contribution in [-0.4, -0.2) is 24.0 Å². The van der Waals surface area contributed by atoms with Gasteiger partial charge in [0, 0.05) is 25.8 Å². The lowest BCUT2D eigenvalue weighted by atomic mass is 10.2. The van der Waals surface area contributed by atoms with E-state index in [2.05, 4.69) is 15.2 Å². The fourth-order valence-electron chi connectivity index (χ4n) is 2.98. The number of rotatable bonds is 4. The van der Waals surface area contributed by atoms with Gasteiger partial charge in [-0.25, -0.2) is 4.98 Å². The second kappa shape index (κ2) is 7.77.